The van der Waals surface area contributed by atoms with Crippen LogP contribution < -0.4 is 0 Å². The number of nitrogens with zero attached hydrogens (tertiary/aromatic N) is 1. The van der Waals surface area contributed by atoms with Gasteiger partial charge in [0.25, 0.3) is 0 Å². The van der Waals surface area contributed by atoms with Crippen LogP contribution >= 0.6 is 0 Å². The third kappa shape index (κ3) is 2.49. The Bertz CT molecular complexity index is 494. The van der Waals surface area contributed by atoms with Crippen molar-refractivity contribution in [2.45, 2.75) is 12.8 Å². The number of hydrogen-bond donors (Lipinski definition) is 0. The van der Waals surface area contributed by atoms with Crippen LogP contribution in [0.1, 0.15) is 16.7 Å². The lowest BCUT2D eigenvalue weighted by molar-refractivity contribution is 0.955. The Morgan fingerprint density at radius 3 is 2.69 bits per heavy atom. The van der Waals surface area contributed by atoms with Crippen molar-refractivity contribution < 1.29 is 0 Å². The highest BCUT2D eigenvalue weighted by atomic mass is 14.2. The standard InChI is InChI=1S/C15H12N/c16-12-15-9-5-4-8-14(15)11-10-13-6-2-1-3-7-13/h1-2,4-9H,10-11H2. The molecule has 0 fully saturated rings. The average molecular weight is 206 g/mol. The van der Waals surface area contributed by atoms with Crippen LogP contribution in [-0.2, 0) is 12.8 Å². The third-order valence-corrected chi connectivity index (χ3v) is 2.59. The molecule has 1 heteroatoms. The normalized spacial score (nSPS) is 9.69. The van der Waals surface area contributed by atoms with Crippen LogP contribution in [0.2, 0.25) is 0 Å². The second-order valence-corrected chi connectivity index (χ2v) is 3.68. The number of hydrogen-bond acceptors (Lipinski definition) is 1. The van der Waals surface area contributed by atoms with Gasteiger partial charge in [0.15, 0.2) is 0 Å². The van der Waals surface area contributed by atoms with Gasteiger partial charge in [-0.15, -0.1) is 0 Å². The molecule has 0 aromatic heterocycles. The number of rotatable bonds is 3. The van der Waals surface area contributed by atoms with E-state index in [1.165, 1.54) is 5.56 Å². The lowest BCUT2D eigenvalue weighted by atomic mass is 10.0. The minimum absolute atomic E-state index is 0.780. The maximum absolute atomic E-state index is 8.96. The minimum Gasteiger partial charge on any atom is -0.192 e. The summed E-state index contributed by atoms with van der Waals surface area (Å²) >= 11 is 0. The van der Waals surface area contributed by atoms with Gasteiger partial charge in [-0.2, -0.15) is 5.26 Å². The highest BCUT2D eigenvalue weighted by molar-refractivity contribution is 5.37. The Morgan fingerprint density at radius 2 is 1.94 bits per heavy atom. The van der Waals surface area contributed by atoms with Gasteiger partial charge in [-0.25, -0.2) is 0 Å². The summed E-state index contributed by atoms with van der Waals surface area (Å²) in [5.74, 6) is 0. The van der Waals surface area contributed by atoms with Crippen LogP contribution in [0.15, 0.2) is 48.5 Å². The predicted octanol–water partition coefficient (Wildman–Crippen LogP) is 3.14. The van der Waals surface area contributed by atoms with Gasteiger partial charge in [0.05, 0.1) is 11.6 Å². The van der Waals surface area contributed by atoms with Crippen LogP contribution in [0.3, 0.4) is 0 Å². The van der Waals surface area contributed by atoms with E-state index in [0.29, 0.717) is 0 Å². The number of nitriles is 1. The van der Waals surface area contributed by atoms with Gasteiger partial charge in [0.2, 0.25) is 0 Å². The molecule has 0 unspecified atom stereocenters. The van der Waals surface area contributed by atoms with Crippen molar-refractivity contribution >= 4 is 0 Å². The summed E-state index contributed by atoms with van der Waals surface area (Å²) in [6, 6.07) is 21.0. The Morgan fingerprint density at radius 1 is 1.06 bits per heavy atom. The van der Waals surface area contributed by atoms with Crippen LogP contribution in [0, 0.1) is 17.4 Å². The Hall–Kier alpha value is -2.07. The molecule has 1 nitrogen and oxygen atoms in total. The van der Waals surface area contributed by atoms with Gasteiger partial charge in [-0.1, -0.05) is 42.5 Å². The lowest BCUT2D eigenvalue weighted by Gasteiger charge is -2.03. The van der Waals surface area contributed by atoms with Crippen LogP contribution in [-0.4, -0.2) is 0 Å². The van der Waals surface area contributed by atoms with E-state index in [9.17, 15) is 0 Å². The topological polar surface area (TPSA) is 23.8 Å². The molecule has 0 N–H and O–H groups in total. The van der Waals surface area contributed by atoms with E-state index in [2.05, 4.69) is 18.2 Å². The van der Waals surface area contributed by atoms with Gasteiger partial charge in [0, 0.05) is 0 Å². The van der Waals surface area contributed by atoms with E-state index in [-0.39, 0.29) is 0 Å². The minimum atomic E-state index is 0.780. The van der Waals surface area contributed by atoms with Crippen LogP contribution in [0.4, 0.5) is 0 Å². The smallest absolute Gasteiger partial charge is 0.0994 e. The van der Waals surface area contributed by atoms with Crippen LogP contribution in [0.25, 0.3) is 0 Å². The number of benzene rings is 2. The molecule has 2 aromatic carbocycles. The van der Waals surface area contributed by atoms with Gasteiger partial charge in [0.1, 0.15) is 0 Å². The molecule has 0 spiro atoms. The molecule has 0 amide bonds. The molecule has 0 aliphatic rings. The van der Waals surface area contributed by atoms with E-state index < -0.39 is 0 Å². The summed E-state index contributed by atoms with van der Waals surface area (Å²) in [4.78, 5) is 0. The van der Waals surface area contributed by atoms with Crippen LogP contribution in [0.5, 0.6) is 0 Å². The third-order valence-electron chi connectivity index (χ3n) is 2.59. The highest BCUT2D eigenvalue weighted by Gasteiger charge is 2.00. The van der Waals surface area contributed by atoms with Crippen molar-refractivity contribution in [3.05, 3.63) is 71.3 Å². The van der Waals surface area contributed by atoms with E-state index in [0.717, 1.165) is 24.0 Å². The Labute approximate surface area is 96.0 Å². The van der Waals surface area contributed by atoms with E-state index in [4.69, 9.17) is 5.26 Å². The van der Waals surface area contributed by atoms with Crippen molar-refractivity contribution in [2.24, 2.45) is 0 Å². The van der Waals surface area contributed by atoms with Crippen molar-refractivity contribution in [1.29, 1.82) is 5.26 Å². The summed E-state index contributed by atoms with van der Waals surface area (Å²) in [7, 11) is 0. The first-order valence-electron chi connectivity index (χ1n) is 5.33. The second-order valence-electron chi connectivity index (χ2n) is 3.68. The SMILES string of the molecule is N#Cc1ccccc1CCc1c[c]ccc1. The molecule has 0 atom stereocenters. The summed E-state index contributed by atoms with van der Waals surface area (Å²) in [6.07, 6.45) is 1.86. The summed E-state index contributed by atoms with van der Waals surface area (Å²) < 4.78 is 0. The monoisotopic (exact) mass is 206 g/mol. The van der Waals surface area contributed by atoms with Gasteiger partial charge >= 0.3 is 0 Å². The molecule has 0 bridgehead atoms. The molecular weight excluding hydrogens is 194 g/mol. The molecule has 0 saturated carbocycles. The van der Waals surface area contributed by atoms with Gasteiger partial charge < -0.3 is 0 Å². The molecular formula is C15H12N. The second kappa shape index (κ2) is 5.14. The molecule has 0 aliphatic carbocycles. The van der Waals surface area contributed by atoms with Crippen molar-refractivity contribution in [1.82, 2.24) is 0 Å². The Kier molecular flexibility index (Phi) is 3.35. The maximum Gasteiger partial charge on any atom is 0.0994 e. The number of aryl methyl sites for hydroxylation is 2. The van der Waals surface area contributed by atoms with Gasteiger partial charge in [-0.3, -0.25) is 0 Å². The first-order chi connectivity index (χ1) is 7.90. The van der Waals surface area contributed by atoms with E-state index in [1.54, 1.807) is 0 Å². The van der Waals surface area contributed by atoms with Gasteiger partial charge in [-0.05, 0) is 36.1 Å². The quantitative estimate of drug-likeness (QED) is 0.756. The average Bonchev–Trinajstić information content (AvgIpc) is 2.38. The van der Waals surface area contributed by atoms with E-state index in [1.807, 2.05) is 42.5 Å². The molecule has 2 rings (SSSR count). The maximum atomic E-state index is 8.96. The first-order valence-corrected chi connectivity index (χ1v) is 5.33. The van der Waals surface area contributed by atoms with E-state index >= 15 is 0 Å². The molecule has 0 heterocycles. The molecule has 77 valence electrons. The fourth-order valence-electron chi connectivity index (χ4n) is 1.71. The zero-order chi connectivity index (χ0) is 11.2. The summed E-state index contributed by atoms with van der Waals surface area (Å²) in [5.41, 5.74) is 3.16. The van der Waals surface area contributed by atoms with Crippen molar-refractivity contribution in [3.8, 4) is 6.07 Å². The molecule has 0 aliphatic heterocycles. The molecule has 0 saturated heterocycles. The fourth-order valence-corrected chi connectivity index (χ4v) is 1.71. The van der Waals surface area contributed by atoms with Crippen molar-refractivity contribution in [3.63, 3.8) is 0 Å². The zero-order valence-electron chi connectivity index (χ0n) is 8.98. The highest BCUT2D eigenvalue weighted by Crippen LogP contribution is 2.11. The summed E-state index contributed by atoms with van der Waals surface area (Å²) in [5, 5.41) is 8.96. The predicted molar refractivity (Wildman–Crippen MR) is 63.8 cm³/mol. The molecule has 16 heavy (non-hydrogen) atoms. The Balaban J connectivity index is 2.09. The zero-order valence-corrected chi connectivity index (χ0v) is 8.98. The fraction of sp³-hybridized carbons (Fsp3) is 0.133. The first kappa shape index (κ1) is 10.4. The summed E-state index contributed by atoms with van der Waals surface area (Å²) in [6.45, 7) is 0. The molecule has 2 aromatic rings. The lowest BCUT2D eigenvalue weighted by Crippen LogP contribution is -1.94. The van der Waals surface area contributed by atoms with Crippen molar-refractivity contribution in [2.75, 3.05) is 0 Å². The largest absolute Gasteiger partial charge is 0.192 e. The molecule has 1 radical (unpaired) electrons.